The number of aromatic nitrogens is 2. The van der Waals surface area contributed by atoms with E-state index in [1.807, 2.05) is 50.2 Å². The molecule has 1 N–H and O–H groups in total. The molecule has 0 bridgehead atoms. The summed E-state index contributed by atoms with van der Waals surface area (Å²) < 4.78 is 28.5. The molecular formula is C39H54AlLiN2O7. The van der Waals surface area contributed by atoms with E-state index in [0.29, 0.717) is 37.3 Å². The van der Waals surface area contributed by atoms with E-state index in [4.69, 9.17) is 23.0 Å². The number of methoxy groups -OCH3 is 1. The maximum atomic E-state index is 11.7. The van der Waals surface area contributed by atoms with Crippen LogP contribution in [0.25, 0.3) is 22.9 Å². The maximum Gasteiger partial charge on any atom is 1.00 e. The zero-order valence-corrected chi connectivity index (χ0v) is 30.0. The molecule has 11 heteroatoms. The minimum atomic E-state index is -0.132. The van der Waals surface area contributed by atoms with Gasteiger partial charge < -0.3 is 29.6 Å². The van der Waals surface area contributed by atoms with Crippen molar-refractivity contribution < 1.29 is 53.2 Å². The molecule has 2 fully saturated rings. The van der Waals surface area contributed by atoms with E-state index in [-0.39, 0.29) is 68.4 Å². The number of nitrogens with zero attached hydrogens (tertiary/aromatic N) is 2. The van der Waals surface area contributed by atoms with Crippen LogP contribution in [0.15, 0.2) is 57.4 Å². The Kier molecular flexibility index (Phi) is 17.0. The number of aliphatic hydroxyl groups excluding tert-OH is 1. The molecule has 266 valence electrons. The van der Waals surface area contributed by atoms with Gasteiger partial charge in [0.05, 0.1) is 38.4 Å². The standard InChI is InChI=1S/C20H25NO4.C19H25NO3.Al.Li.4H/c1-13-7-9-15(10-8-13)19-21-18(14(2)25-19)12-24-17-6-4-5-16(11-17)20(22)23-3;1-13-6-8-16(9-7-13)19-20-18(14(2)23-19)12-22-17-5-3-4-15(10-17)11-21;;;;;;/h7-10,16-17H,4-6,11-12H2,1-3H3;6-9,15,17,21H,3-5,10-12H2,1-2H3;;;;;;/q;;;+1;;;;-1. The summed E-state index contributed by atoms with van der Waals surface area (Å²) in [6.45, 7) is 9.09. The molecule has 0 aliphatic heterocycles. The number of hydrogen-bond donors (Lipinski definition) is 1. The second-order valence-corrected chi connectivity index (χ2v) is 13.2. The SMILES string of the molecule is COC(=O)C1CCCC(OCc2nc(-c3ccc(C)cc3)oc2C)C1.Cc1ccc(-c2nc(COC3CCCC(CO)C3)c(C)o2)cc1.[AlH3].[H-].[Li+]. The van der Waals surface area contributed by atoms with Crippen molar-refractivity contribution >= 4 is 23.3 Å². The van der Waals surface area contributed by atoms with E-state index in [2.05, 4.69) is 35.9 Å². The molecule has 2 aromatic heterocycles. The fourth-order valence-corrected chi connectivity index (χ4v) is 6.39. The van der Waals surface area contributed by atoms with Gasteiger partial charge in [-0.2, -0.15) is 0 Å². The molecule has 0 spiro atoms. The van der Waals surface area contributed by atoms with E-state index in [1.54, 1.807) is 0 Å². The second kappa shape index (κ2) is 20.4. The van der Waals surface area contributed by atoms with Gasteiger partial charge in [0.1, 0.15) is 22.9 Å². The predicted octanol–water partition coefficient (Wildman–Crippen LogP) is 4.17. The molecule has 2 aliphatic rings. The molecule has 2 heterocycles. The van der Waals surface area contributed by atoms with Gasteiger partial charge in [0.25, 0.3) is 0 Å². The van der Waals surface area contributed by atoms with Crippen molar-refractivity contribution in [3.63, 3.8) is 0 Å². The number of hydrogen-bond acceptors (Lipinski definition) is 9. The molecule has 2 saturated carbocycles. The maximum absolute atomic E-state index is 11.7. The summed E-state index contributed by atoms with van der Waals surface area (Å²) in [6, 6.07) is 16.3. The Morgan fingerprint density at radius 2 is 1.22 bits per heavy atom. The number of ether oxygens (including phenoxy) is 3. The smallest absolute Gasteiger partial charge is 1.00 e. The van der Waals surface area contributed by atoms with Crippen molar-refractivity contribution in [3.05, 3.63) is 82.6 Å². The summed E-state index contributed by atoms with van der Waals surface area (Å²) >= 11 is 0. The first-order valence-electron chi connectivity index (χ1n) is 17.2. The largest absolute Gasteiger partial charge is 1.00 e. The van der Waals surface area contributed by atoms with E-state index < -0.39 is 0 Å². The van der Waals surface area contributed by atoms with E-state index in [9.17, 15) is 9.90 Å². The van der Waals surface area contributed by atoms with Crippen LogP contribution < -0.4 is 18.9 Å². The van der Waals surface area contributed by atoms with Crippen LogP contribution in [-0.2, 0) is 32.2 Å². The molecule has 50 heavy (non-hydrogen) atoms. The molecule has 4 aromatic rings. The zero-order valence-electron chi connectivity index (χ0n) is 31.0. The second-order valence-electron chi connectivity index (χ2n) is 13.2. The summed E-state index contributed by atoms with van der Waals surface area (Å²) in [5.41, 5.74) is 6.05. The Labute approximate surface area is 320 Å². The van der Waals surface area contributed by atoms with E-state index in [1.165, 1.54) is 18.2 Å². The molecular weight excluding hydrogens is 642 g/mol. The van der Waals surface area contributed by atoms with E-state index in [0.717, 1.165) is 79.0 Å². The van der Waals surface area contributed by atoms with E-state index >= 15 is 0 Å². The van der Waals surface area contributed by atoms with Gasteiger partial charge in [-0.3, -0.25) is 4.79 Å². The van der Waals surface area contributed by atoms with Crippen molar-refractivity contribution in [2.75, 3.05) is 13.7 Å². The number of rotatable bonds is 10. The first-order chi connectivity index (χ1) is 23.2. The van der Waals surface area contributed by atoms with Gasteiger partial charge >= 0.3 is 24.8 Å². The van der Waals surface area contributed by atoms with Crippen LogP contribution in [0.2, 0.25) is 0 Å². The van der Waals surface area contributed by atoms with Crippen molar-refractivity contribution in [2.24, 2.45) is 11.8 Å². The normalized spacial score (nSPS) is 20.1. The average molecular weight is 697 g/mol. The number of benzene rings is 2. The Bertz CT molecular complexity index is 1610. The first kappa shape index (κ1) is 41.8. The number of oxazole rings is 2. The van der Waals surface area contributed by atoms with Gasteiger partial charge in [-0.15, -0.1) is 0 Å². The molecule has 9 nitrogen and oxygen atoms in total. The van der Waals surface area contributed by atoms with Gasteiger partial charge in [0, 0.05) is 17.7 Å². The van der Waals surface area contributed by atoms with Crippen LogP contribution >= 0.6 is 0 Å². The molecule has 2 aliphatic carbocycles. The molecule has 0 amide bonds. The number of aliphatic hydroxyl groups is 1. The number of esters is 1. The van der Waals surface area contributed by atoms with Crippen LogP contribution in [0.5, 0.6) is 0 Å². The van der Waals surface area contributed by atoms with Crippen LogP contribution in [0.1, 0.15) is 86.8 Å². The number of carbonyl (C=O) groups is 1. The molecule has 6 rings (SSSR count). The van der Waals surface area contributed by atoms with Crippen LogP contribution in [-0.4, -0.2) is 64.3 Å². The topological polar surface area (TPSA) is 117 Å². The Morgan fingerprint density at radius 3 is 1.68 bits per heavy atom. The van der Waals surface area contributed by atoms with Gasteiger partial charge in [-0.05, 0) is 96.4 Å². The third-order valence-electron chi connectivity index (χ3n) is 9.45. The minimum absolute atomic E-state index is 0. The fraction of sp³-hybridized carbons (Fsp3) is 0.513. The summed E-state index contributed by atoms with van der Waals surface area (Å²) in [7, 11) is 1.44. The van der Waals surface area contributed by atoms with Crippen molar-refractivity contribution in [1.82, 2.24) is 9.97 Å². The summed E-state index contributed by atoms with van der Waals surface area (Å²) in [4.78, 5) is 20.9. The number of aryl methyl sites for hydroxylation is 4. The predicted molar refractivity (Wildman–Crippen MR) is 194 cm³/mol. The summed E-state index contributed by atoms with van der Waals surface area (Å²) in [6.07, 6.45) is 8.08. The first-order valence-corrected chi connectivity index (χ1v) is 17.2. The summed E-state index contributed by atoms with van der Waals surface area (Å²) in [5, 5.41) is 9.30. The minimum Gasteiger partial charge on any atom is -1.00 e. The van der Waals surface area contributed by atoms with Gasteiger partial charge in [-0.1, -0.05) is 48.2 Å². The van der Waals surface area contributed by atoms with Gasteiger partial charge in [0.15, 0.2) is 17.4 Å². The summed E-state index contributed by atoms with van der Waals surface area (Å²) in [5.74, 6) is 3.06. The molecule has 2 aromatic carbocycles. The van der Waals surface area contributed by atoms with Crippen molar-refractivity contribution in [1.29, 1.82) is 0 Å². The Balaban J connectivity index is 0.000000335. The Morgan fingerprint density at radius 1 is 0.760 bits per heavy atom. The zero-order chi connectivity index (χ0) is 34.0. The number of carbonyl (C=O) groups excluding carboxylic acids is 1. The third kappa shape index (κ3) is 11.7. The fourth-order valence-electron chi connectivity index (χ4n) is 6.39. The van der Waals surface area contributed by atoms with Crippen LogP contribution in [0.3, 0.4) is 0 Å². The molecule has 4 atom stereocenters. The Hall–Kier alpha value is -2.66. The van der Waals surface area contributed by atoms with Crippen LogP contribution in [0.4, 0.5) is 0 Å². The van der Waals surface area contributed by atoms with Gasteiger partial charge in [-0.25, -0.2) is 9.97 Å². The molecule has 4 unspecified atom stereocenters. The van der Waals surface area contributed by atoms with Gasteiger partial charge in [0.2, 0.25) is 11.8 Å². The molecule has 0 radical (unpaired) electrons. The van der Waals surface area contributed by atoms with Crippen LogP contribution in [0, 0.1) is 39.5 Å². The average Bonchev–Trinajstić information content (AvgIpc) is 3.68. The van der Waals surface area contributed by atoms with Crippen molar-refractivity contribution in [2.45, 2.75) is 104 Å². The third-order valence-corrected chi connectivity index (χ3v) is 9.45. The monoisotopic (exact) mass is 696 g/mol. The van der Waals surface area contributed by atoms with Crippen molar-refractivity contribution in [3.8, 4) is 22.9 Å². The quantitative estimate of drug-likeness (QED) is 0.193. The molecule has 0 saturated heterocycles.